The molecule has 0 saturated carbocycles. The lowest BCUT2D eigenvalue weighted by atomic mass is 10.2. The van der Waals surface area contributed by atoms with E-state index in [1.54, 1.807) is 38.1 Å². The van der Waals surface area contributed by atoms with Crippen molar-refractivity contribution in [3.05, 3.63) is 34.0 Å². The smallest absolute Gasteiger partial charge is 0.235 e. The van der Waals surface area contributed by atoms with Gasteiger partial charge in [-0.05, 0) is 36.3 Å². The molecule has 0 radical (unpaired) electrons. The molecule has 5 nitrogen and oxygen atoms in total. The van der Waals surface area contributed by atoms with Crippen LogP contribution in [0.2, 0.25) is 0 Å². The van der Waals surface area contributed by atoms with Gasteiger partial charge < -0.3 is 9.47 Å². The first-order chi connectivity index (χ1) is 10.6. The van der Waals surface area contributed by atoms with Crippen LogP contribution in [0.3, 0.4) is 0 Å². The minimum atomic E-state index is -0.521. The average Bonchev–Trinajstić information content (AvgIpc) is 2.52. The van der Waals surface area contributed by atoms with Gasteiger partial charge in [0.15, 0.2) is 0 Å². The van der Waals surface area contributed by atoms with E-state index in [9.17, 15) is 14.5 Å². The molecule has 0 aliphatic carbocycles. The summed E-state index contributed by atoms with van der Waals surface area (Å²) in [6, 6.07) is 3.46. The minimum Gasteiger partial charge on any atom is -0.495 e. The SMILES string of the molecule is COc1cc(/C=C/[N+](=O)[O-])cc(OC)c1SCCCCCF. The third-order valence-electron chi connectivity index (χ3n) is 2.90. The number of hydrogen-bond donors (Lipinski definition) is 0. The second kappa shape index (κ2) is 10.0. The highest BCUT2D eigenvalue weighted by Gasteiger charge is 2.12. The number of nitro groups is 1. The zero-order valence-corrected chi connectivity index (χ0v) is 13.5. The largest absolute Gasteiger partial charge is 0.495 e. The number of benzene rings is 1. The van der Waals surface area contributed by atoms with Crippen LogP contribution < -0.4 is 9.47 Å². The van der Waals surface area contributed by atoms with Crippen LogP contribution in [0.15, 0.2) is 23.2 Å². The van der Waals surface area contributed by atoms with E-state index in [-0.39, 0.29) is 6.67 Å². The normalized spacial score (nSPS) is 10.9. The highest BCUT2D eigenvalue weighted by Crippen LogP contribution is 2.39. The number of nitrogens with zero attached hydrogens (tertiary/aromatic N) is 1. The minimum absolute atomic E-state index is 0.283. The number of hydrogen-bond acceptors (Lipinski definition) is 5. The number of thioether (sulfide) groups is 1. The number of unbranched alkanes of at least 4 members (excludes halogenated alkanes) is 2. The summed E-state index contributed by atoms with van der Waals surface area (Å²) in [5.74, 6) is 2.05. The number of rotatable bonds is 10. The van der Waals surface area contributed by atoms with Crippen LogP contribution in [-0.2, 0) is 0 Å². The standard InChI is InChI=1S/C15H20FNO4S/c1-20-13-10-12(6-8-17(18)19)11-14(21-2)15(13)22-9-5-3-4-7-16/h6,8,10-11H,3-5,7,9H2,1-2H3/b8-6+. The molecule has 0 unspecified atom stereocenters. The average molecular weight is 329 g/mol. The van der Waals surface area contributed by atoms with Crippen LogP contribution >= 0.6 is 11.8 Å². The van der Waals surface area contributed by atoms with E-state index >= 15 is 0 Å². The molecule has 1 aromatic rings. The molecule has 1 aromatic carbocycles. The highest BCUT2D eigenvalue weighted by molar-refractivity contribution is 7.99. The van der Waals surface area contributed by atoms with Crippen LogP contribution in [0.4, 0.5) is 4.39 Å². The molecule has 1 rings (SSSR count). The van der Waals surface area contributed by atoms with Gasteiger partial charge in [0.1, 0.15) is 11.5 Å². The Bertz CT molecular complexity index is 497. The third-order valence-corrected chi connectivity index (χ3v) is 4.08. The summed E-state index contributed by atoms with van der Waals surface area (Å²) in [5.41, 5.74) is 0.632. The molecule has 0 saturated heterocycles. The molecule has 0 N–H and O–H groups in total. The van der Waals surface area contributed by atoms with Gasteiger partial charge in [-0.2, -0.15) is 0 Å². The van der Waals surface area contributed by atoms with Gasteiger partial charge in [-0.15, -0.1) is 11.8 Å². The fraction of sp³-hybridized carbons (Fsp3) is 0.467. The quantitative estimate of drug-likeness (QED) is 0.279. The van der Waals surface area contributed by atoms with Crippen molar-refractivity contribution in [1.82, 2.24) is 0 Å². The van der Waals surface area contributed by atoms with E-state index in [0.29, 0.717) is 23.5 Å². The fourth-order valence-corrected chi connectivity index (χ4v) is 2.95. The van der Waals surface area contributed by atoms with Crippen molar-refractivity contribution < 1.29 is 18.8 Å². The molecule has 0 amide bonds. The molecule has 122 valence electrons. The summed E-state index contributed by atoms with van der Waals surface area (Å²) in [6.07, 6.45) is 4.60. The van der Waals surface area contributed by atoms with E-state index in [2.05, 4.69) is 0 Å². The van der Waals surface area contributed by atoms with Crippen molar-refractivity contribution in [1.29, 1.82) is 0 Å². The van der Waals surface area contributed by atoms with E-state index in [0.717, 1.165) is 29.7 Å². The Hall–Kier alpha value is -1.76. The Morgan fingerprint density at radius 3 is 2.36 bits per heavy atom. The topological polar surface area (TPSA) is 61.6 Å². The molecule has 0 bridgehead atoms. The summed E-state index contributed by atoms with van der Waals surface area (Å²) in [4.78, 5) is 10.7. The maximum atomic E-state index is 12.1. The lowest BCUT2D eigenvalue weighted by molar-refractivity contribution is -0.400. The van der Waals surface area contributed by atoms with Crippen molar-refractivity contribution in [3.8, 4) is 11.5 Å². The number of alkyl halides is 1. The van der Waals surface area contributed by atoms with Gasteiger partial charge in [-0.1, -0.05) is 6.42 Å². The Labute approximate surface area is 133 Å². The second-order valence-electron chi connectivity index (χ2n) is 4.45. The van der Waals surface area contributed by atoms with Gasteiger partial charge in [0.2, 0.25) is 6.20 Å². The van der Waals surface area contributed by atoms with Crippen molar-refractivity contribution in [2.75, 3.05) is 26.6 Å². The van der Waals surface area contributed by atoms with Crippen molar-refractivity contribution in [3.63, 3.8) is 0 Å². The first-order valence-corrected chi connectivity index (χ1v) is 7.87. The third kappa shape index (κ3) is 5.93. The first kappa shape index (κ1) is 18.3. The Balaban J connectivity index is 2.88. The molecule has 0 fully saturated rings. The first-order valence-electron chi connectivity index (χ1n) is 6.88. The van der Waals surface area contributed by atoms with Gasteiger partial charge in [-0.25, -0.2) is 0 Å². The van der Waals surface area contributed by atoms with Gasteiger partial charge in [0, 0.05) is 6.08 Å². The molecular weight excluding hydrogens is 309 g/mol. The van der Waals surface area contributed by atoms with Gasteiger partial charge in [0.25, 0.3) is 0 Å². The van der Waals surface area contributed by atoms with E-state index < -0.39 is 4.92 Å². The van der Waals surface area contributed by atoms with Crippen molar-refractivity contribution in [2.45, 2.75) is 24.2 Å². The summed E-state index contributed by atoms with van der Waals surface area (Å²) >= 11 is 1.58. The van der Waals surface area contributed by atoms with E-state index in [1.807, 2.05) is 0 Å². The Morgan fingerprint density at radius 2 is 1.86 bits per heavy atom. The zero-order valence-electron chi connectivity index (χ0n) is 12.7. The van der Waals surface area contributed by atoms with Gasteiger partial charge in [-0.3, -0.25) is 14.5 Å². The zero-order chi connectivity index (χ0) is 16.4. The maximum Gasteiger partial charge on any atom is 0.235 e. The molecule has 7 heteroatoms. The molecule has 0 aliphatic rings. The van der Waals surface area contributed by atoms with Gasteiger partial charge >= 0.3 is 0 Å². The van der Waals surface area contributed by atoms with Gasteiger partial charge in [0.05, 0.1) is 30.7 Å². The fourth-order valence-electron chi connectivity index (χ4n) is 1.83. The Kier molecular flexibility index (Phi) is 8.35. The number of ether oxygens (including phenoxy) is 2. The van der Waals surface area contributed by atoms with E-state index in [1.165, 1.54) is 6.08 Å². The van der Waals surface area contributed by atoms with Crippen molar-refractivity contribution in [2.24, 2.45) is 0 Å². The molecule has 0 atom stereocenters. The lowest BCUT2D eigenvalue weighted by Gasteiger charge is -2.13. The molecular formula is C15H20FNO4S. The lowest BCUT2D eigenvalue weighted by Crippen LogP contribution is -1.94. The molecule has 0 aliphatic heterocycles. The predicted molar refractivity (Wildman–Crippen MR) is 86.1 cm³/mol. The predicted octanol–water partition coefficient (Wildman–Crippen LogP) is 4.18. The van der Waals surface area contributed by atoms with Crippen LogP contribution in [0.5, 0.6) is 11.5 Å². The maximum absolute atomic E-state index is 12.1. The molecule has 0 aromatic heterocycles. The van der Waals surface area contributed by atoms with Crippen molar-refractivity contribution >= 4 is 17.8 Å². The summed E-state index contributed by atoms with van der Waals surface area (Å²) < 4.78 is 22.8. The van der Waals surface area contributed by atoms with E-state index in [4.69, 9.17) is 9.47 Å². The number of methoxy groups -OCH3 is 2. The van der Waals surface area contributed by atoms with Crippen LogP contribution in [0.25, 0.3) is 6.08 Å². The number of halogens is 1. The Morgan fingerprint density at radius 1 is 1.23 bits per heavy atom. The monoisotopic (exact) mass is 329 g/mol. The summed E-state index contributed by atoms with van der Waals surface area (Å²) in [5, 5.41) is 10.4. The van der Waals surface area contributed by atoms with Crippen LogP contribution in [0, 0.1) is 10.1 Å². The molecule has 0 heterocycles. The summed E-state index contributed by atoms with van der Waals surface area (Å²) in [6.45, 7) is -0.283. The van der Waals surface area contributed by atoms with Crippen LogP contribution in [0.1, 0.15) is 24.8 Å². The summed E-state index contributed by atoms with van der Waals surface area (Å²) in [7, 11) is 3.09. The molecule has 0 spiro atoms. The highest BCUT2D eigenvalue weighted by atomic mass is 32.2. The molecule has 22 heavy (non-hydrogen) atoms. The van der Waals surface area contributed by atoms with Crippen LogP contribution in [-0.4, -0.2) is 31.6 Å². The second-order valence-corrected chi connectivity index (χ2v) is 5.56.